The molecule has 1 N–H and O–H groups in total. The number of carbonyl (C=O) groups is 1. The lowest BCUT2D eigenvalue weighted by molar-refractivity contribution is -0.191. The van der Waals surface area contributed by atoms with Crippen LogP contribution in [0.5, 0.6) is 0 Å². The van der Waals surface area contributed by atoms with E-state index in [1.807, 2.05) is 182 Å². The molecule has 0 spiro atoms. The predicted molar refractivity (Wildman–Crippen MR) is 358 cm³/mol. The van der Waals surface area contributed by atoms with E-state index in [0.29, 0.717) is 64.8 Å². The van der Waals surface area contributed by atoms with Gasteiger partial charge in [0, 0.05) is 5.69 Å². The van der Waals surface area contributed by atoms with Crippen LogP contribution in [0.15, 0.2) is 283 Å². The van der Waals surface area contributed by atoms with Crippen molar-refractivity contribution in [3.8, 4) is 0 Å². The van der Waals surface area contributed by atoms with Crippen molar-refractivity contribution in [1.29, 1.82) is 0 Å². The van der Waals surface area contributed by atoms with Gasteiger partial charge in [0.2, 0.25) is 30.4 Å². The molecule has 0 aromatic heterocycles. The molecule has 10 rings (SSSR count). The average Bonchev–Trinajstić information content (AvgIpc) is 1.46. The van der Waals surface area contributed by atoms with Crippen molar-refractivity contribution < 1.29 is 38.4 Å². The van der Waals surface area contributed by atoms with Gasteiger partial charge in [0.15, 0.2) is 0 Å². The van der Waals surface area contributed by atoms with Crippen LogP contribution in [0.2, 0.25) is 0 Å². The fourth-order valence-electron chi connectivity index (χ4n) is 9.13. The fraction of sp³-hybridized carbons (Fsp3) is 0.0800. The van der Waals surface area contributed by atoms with Crippen LogP contribution in [-0.2, 0) is 65.7 Å². The number of amides is 2. The Labute approximate surface area is 535 Å². The molecular weight excluding hydrogens is 1170 g/mol. The molecule has 93 heavy (non-hydrogen) atoms. The number of nitrogens with zero attached hydrogens (tertiary/aromatic N) is 9. The SMILES string of the molecule is C.O=C=Nc1ccc(Cc2ccc(N=C=Nc3ccc(Cc4ccc(N=C=O)cc4)cc3)cc2)cc1.O=C=Nc1ccc(Cc2ccc(N=CN(C(=O)Nc3ccc(Cc4ccc(N=C=O)cc4)cc3)c3ccc(Cc4ccc(N=C=O)cc4)cc3)cc2)cc1.O=C=O. The van der Waals surface area contributed by atoms with Gasteiger partial charge in [-0.15, -0.1) is 0 Å². The molecule has 18 nitrogen and oxygen atoms in total. The van der Waals surface area contributed by atoms with Gasteiger partial charge in [0.1, 0.15) is 12.3 Å². The van der Waals surface area contributed by atoms with Gasteiger partial charge in [-0.2, -0.15) is 44.5 Å². The zero-order valence-corrected chi connectivity index (χ0v) is 49.0. The van der Waals surface area contributed by atoms with Crippen LogP contribution >= 0.6 is 0 Å². The van der Waals surface area contributed by atoms with Crippen molar-refractivity contribution in [2.45, 2.75) is 39.5 Å². The highest BCUT2D eigenvalue weighted by Gasteiger charge is 2.16. The summed E-state index contributed by atoms with van der Waals surface area (Å²) in [6, 6.07) is 78.2. The monoisotopic (exact) mass is 1220 g/mol. The molecule has 0 aliphatic rings. The average molecular weight is 1230 g/mol. The second-order valence-electron chi connectivity index (χ2n) is 20.0. The highest BCUT2D eigenvalue weighted by Crippen LogP contribution is 2.25. The number of hydrogen-bond donors (Lipinski definition) is 1. The molecule has 10 aromatic rings. The third-order valence-electron chi connectivity index (χ3n) is 13.7. The van der Waals surface area contributed by atoms with E-state index >= 15 is 0 Å². The van der Waals surface area contributed by atoms with Crippen LogP contribution in [-0.4, -0.2) is 54.9 Å². The van der Waals surface area contributed by atoms with Gasteiger partial charge in [-0.3, -0.25) is 4.90 Å². The van der Waals surface area contributed by atoms with E-state index in [-0.39, 0.29) is 13.6 Å². The maximum Gasteiger partial charge on any atom is 0.373 e. The quantitative estimate of drug-likeness (QED) is 0.0410. The number of rotatable bonds is 21. The summed E-state index contributed by atoms with van der Waals surface area (Å²) >= 11 is 0. The molecule has 0 bridgehead atoms. The lowest BCUT2D eigenvalue weighted by Crippen LogP contribution is -2.33. The molecule has 0 atom stereocenters. The summed E-state index contributed by atoms with van der Waals surface area (Å²) in [4.78, 5) is 115. The Morgan fingerprint density at radius 1 is 0.301 bits per heavy atom. The molecular formula is C75H56N10O8. The number of urea groups is 1. The van der Waals surface area contributed by atoms with Crippen molar-refractivity contribution in [3.05, 3.63) is 298 Å². The molecule has 0 heterocycles. The van der Waals surface area contributed by atoms with Crippen molar-refractivity contribution >= 4 is 112 Å². The van der Waals surface area contributed by atoms with Gasteiger partial charge >= 0.3 is 12.2 Å². The number of carbonyl (C=O) groups excluding carboxylic acids is 8. The predicted octanol–water partition coefficient (Wildman–Crippen LogP) is 16.8. The van der Waals surface area contributed by atoms with Gasteiger partial charge in [-0.1, -0.05) is 129 Å². The highest BCUT2D eigenvalue weighted by molar-refractivity contribution is 6.13. The van der Waals surface area contributed by atoms with Crippen molar-refractivity contribution in [2.24, 2.45) is 39.9 Å². The smallest absolute Gasteiger partial charge is 0.307 e. The van der Waals surface area contributed by atoms with Crippen LogP contribution in [0.1, 0.15) is 63.1 Å². The maximum atomic E-state index is 13.8. The Balaban J connectivity index is 0.000000271. The summed E-state index contributed by atoms with van der Waals surface area (Å²) in [7, 11) is 0. The van der Waals surface area contributed by atoms with Crippen LogP contribution < -0.4 is 10.2 Å². The lowest BCUT2D eigenvalue weighted by Gasteiger charge is -2.19. The first kappa shape index (κ1) is 67.3. The number of hydrogen-bond acceptors (Lipinski definition) is 16. The Morgan fingerprint density at radius 2 is 0.505 bits per heavy atom. The summed E-state index contributed by atoms with van der Waals surface area (Å²) in [6.07, 6.45) is 13.0. The molecule has 2 amide bonds. The minimum Gasteiger partial charge on any atom is -0.307 e. The molecule has 10 aromatic carbocycles. The van der Waals surface area contributed by atoms with Crippen LogP contribution in [0.25, 0.3) is 0 Å². The van der Waals surface area contributed by atoms with Gasteiger partial charge in [0.25, 0.3) is 0 Å². The summed E-state index contributed by atoms with van der Waals surface area (Å²) in [5.41, 5.74) is 17.2. The van der Waals surface area contributed by atoms with E-state index in [2.05, 4.69) is 51.3 Å². The summed E-state index contributed by atoms with van der Waals surface area (Å²) < 4.78 is 0. The minimum atomic E-state index is -0.393. The summed E-state index contributed by atoms with van der Waals surface area (Å²) in [6.45, 7) is 0. The molecule has 454 valence electrons. The topological polar surface area (TPSA) is 251 Å². The zero-order valence-electron chi connectivity index (χ0n) is 49.0. The molecule has 0 aliphatic heterocycles. The molecule has 0 aliphatic carbocycles. The number of isocyanates is 5. The second kappa shape index (κ2) is 36.2. The first-order chi connectivity index (χ1) is 45.1. The molecule has 0 saturated heterocycles. The van der Waals surface area contributed by atoms with E-state index in [9.17, 15) is 28.8 Å². The van der Waals surface area contributed by atoms with E-state index < -0.39 is 6.03 Å². The number of aliphatic imine (C=N–C) groups is 8. The third kappa shape index (κ3) is 22.2. The Kier molecular flexibility index (Phi) is 26.2. The normalized spacial score (nSPS) is 9.85. The Morgan fingerprint density at radius 3 is 0.742 bits per heavy atom. The zero-order chi connectivity index (χ0) is 64.5. The van der Waals surface area contributed by atoms with Crippen molar-refractivity contribution in [3.63, 3.8) is 0 Å². The Hall–Kier alpha value is -13.2. The minimum absolute atomic E-state index is 0. The van der Waals surface area contributed by atoms with Gasteiger partial charge in [-0.25, -0.2) is 33.8 Å². The molecule has 0 unspecified atom stereocenters. The van der Waals surface area contributed by atoms with Crippen LogP contribution in [0, 0.1) is 0 Å². The maximum absolute atomic E-state index is 13.8. The Bertz CT molecular complexity index is 4370. The first-order valence-corrected chi connectivity index (χ1v) is 28.2. The first-order valence-electron chi connectivity index (χ1n) is 28.2. The van der Waals surface area contributed by atoms with E-state index in [4.69, 9.17) is 9.59 Å². The fourth-order valence-corrected chi connectivity index (χ4v) is 9.13. The number of anilines is 2. The van der Waals surface area contributed by atoms with Gasteiger partial charge in [-0.05, 0) is 209 Å². The van der Waals surface area contributed by atoms with Crippen molar-refractivity contribution in [1.82, 2.24) is 0 Å². The molecule has 18 heteroatoms. The summed E-state index contributed by atoms with van der Waals surface area (Å²) in [5.74, 6) is 0. The number of nitrogens with one attached hydrogen (secondary N) is 1. The largest absolute Gasteiger partial charge is 0.373 e. The number of benzene rings is 10. The standard InChI is InChI=1S/C44H32N6O4.C29H20N4O2.CO2.CH4/c51-29-46-39-15-3-33(4-16-39)25-32-1-13-38(14-2-32)45-28-50(43-23-11-37(12-24-43)27-35-7-19-41(20-8-35)48-31-53)44(54)49-42-21-9-36(10-22-42)26-34-5-17-40(18-6-34)47-30-52;34-20-32-28-13-5-24(6-14-28)17-22-1-9-26(10-2-22)30-19-31-27-11-3-23(4-12-27)18-25-7-15-29(16-8-25)33-21-35;2-1-3;/h1-24,28H,25-27H2,(H,49,54);1-16H,17-18H2;;1H4. The molecule has 0 saturated carbocycles. The lowest BCUT2D eigenvalue weighted by atomic mass is 10.0. The highest BCUT2D eigenvalue weighted by atomic mass is 16.2. The van der Waals surface area contributed by atoms with E-state index in [0.717, 1.165) is 79.9 Å². The second-order valence-corrected chi connectivity index (χ2v) is 20.0. The molecule has 0 fully saturated rings. The van der Waals surface area contributed by atoms with Gasteiger partial charge < -0.3 is 5.32 Å². The van der Waals surface area contributed by atoms with E-state index in [1.54, 1.807) is 91.1 Å². The molecule has 0 radical (unpaired) electrons. The van der Waals surface area contributed by atoms with Crippen LogP contribution in [0.4, 0.5) is 61.7 Å². The van der Waals surface area contributed by atoms with E-state index in [1.165, 1.54) is 11.2 Å². The van der Waals surface area contributed by atoms with Crippen molar-refractivity contribution in [2.75, 3.05) is 10.2 Å². The summed E-state index contributed by atoms with van der Waals surface area (Å²) in [5, 5.41) is 2.99. The third-order valence-corrected chi connectivity index (χ3v) is 13.7. The van der Waals surface area contributed by atoms with Gasteiger partial charge in [0.05, 0.1) is 51.2 Å². The van der Waals surface area contributed by atoms with Crippen LogP contribution in [0.3, 0.4) is 0 Å².